The minimum atomic E-state index is -0.346. The number of esters is 1. The van der Waals surface area contributed by atoms with Crippen molar-refractivity contribution >= 4 is 28.5 Å². The van der Waals surface area contributed by atoms with E-state index in [1.165, 1.54) is 0 Å². The minimum Gasteiger partial charge on any atom is -0.462 e. The zero-order valence-corrected chi connectivity index (χ0v) is 15.7. The molecular weight excluding hydrogens is 342 g/mol. The molecule has 1 aliphatic heterocycles. The van der Waals surface area contributed by atoms with Crippen molar-refractivity contribution in [2.24, 2.45) is 5.92 Å². The molecule has 2 fully saturated rings. The largest absolute Gasteiger partial charge is 0.462 e. The lowest BCUT2D eigenvalue weighted by Crippen LogP contribution is -2.36. The Morgan fingerprint density at radius 2 is 1.96 bits per heavy atom. The van der Waals surface area contributed by atoms with Crippen molar-refractivity contribution in [3.63, 3.8) is 0 Å². The Bertz CT molecular complexity index is 863. The van der Waals surface area contributed by atoms with E-state index in [1.54, 1.807) is 13.1 Å². The van der Waals surface area contributed by atoms with Gasteiger partial charge in [-0.1, -0.05) is 18.2 Å². The molecular formula is C21H25N3O3. The van der Waals surface area contributed by atoms with Gasteiger partial charge in [-0.25, -0.2) is 4.79 Å². The van der Waals surface area contributed by atoms with Gasteiger partial charge < -0.3 is 14.5 Å². The highest BCUT2D eigenvalue weighted by Gasteiger charge is 2.34. The highest BCUT2D eigenvalue weighted by atomic mass is 16.5. The lowest BCUT2D eigenvalue weighted by atomic mass is 10.1. The maximum Gasteiger partial charge on any atom is 0.341 e. The molecule has 1 amide bonds. The first kappa shape index (κ1) is 17.8. The summed E-state index contributed by atoms with van der Waals surface area (Å²) in [4.78, 5) is 33.7. The summed E-state index contributed by atoms with van der Waals surface area (Å²) in [5.41, 5.74) is 2.23. The van der Waals surface area contributed by atoms with Crippen molar-refractivity contribution in [2.45, 2.75) is 26.2 Å². The maximum atomic E-state index is 12.6. The van der Waals surface area contributed by atoms with Crippen LogP contribution in [-0.2, 0) is 9.53 Å². The van der Waals surface area contributed by atoms with Crippen LogP contribution >= 0.6 is 0 Å². The van der Waals surface area contributed by atoms with E-state index in [4.69, 9.17) is 4.74 Å². The molecule has 0 spiro atoms. The molecule has 1 saturated heterocycles. The first-order chi connectivity index (χ1) is 13.2. The van der Waals surface area contributed by atoms with Gasteiger partial charge in [-0.15, -0.1) is 0 Å². The molecule has 2 heterocycles. The standard InChI is InChI=1S/C21H25N3O3/c1-2-27-21(26)17-14-22-18-7-4-3-6-16(18)19(17)23-10-5-11-24(13-12-23)20(25)15-8-9-15/h3-4,6-7,14-15H,2,5,8-13H2,1H3. The summed E-state index contributed by atoms with van der Waals surface area (Å²) < 4.78 is 5.27. The number of rotatable bonds is 4. The summed E-state index contributed by atoms with van der Waals surface area (Å²) in [6, 6.07) is 7.86. The Morgan fingerprint density at radius 1 is 1.15 bits per heavy atom. The van der Waals surface area contributed by atoms with Crippen LogP contribution in [0.4, 0.5) is 5.69 Å². The SMILES string of the molecule is CCOC(=O)c1cnc2ccccc2c1N1CCCN(C(=O)C2CC2)CC1. The number of benzene rings is 1. The Labute approximate surface area is 159 Å². The normalized spacial score (nSPS) is 17.7. The predicted octanol–water partition coefficient (Wildman–Crippen LogP) is 2.86. The minimum absolute atomic E-state index is 0.244. The van der Waals surface area contributed by atoms with Gasteiger partial charge in [0, 0.05) is 43.7 Å². The third-order valence-corrected chi connectivity index (χ3v) is 5.29. The highest BCUT2D eigenvalue weighted by molar-refractivity contribution is 6.05. The number of para-hydroxylation sites is 1. The molecule has 1 aromatic carbocycles. The van der Waals surface area contributed by atoms with Crippen molar-refractivity contribution in [3.8, 4) is 0 Å². The molecule has 0 unspecified atom stereocenters. The molecule has 1 aromatic heterocycles. The number of ether oxygens (including phenoxy) is 1. The smallest absolute Gasteiger partial charge is 0.341 e. The fourth-order valence-corrected chi connectivity index (χ4v) is 3.78. The molecule has 27 heavy (non-hydrogen) atoms. The Balaban J connectivity index is 1.67. The van der Waals surface area contributed by atoms with Crippen LogP contribution in [0.2, 0.25) is 0 Å². The fourth-order valence-electron chi connectivity index (χ4n) is 3.78. The van der Waals surface area contributed by atoms with E-state index in [9.17, 15) is 9.59 Å². The zero-order valence-electron chi connectivity index (χ0n) is 15.7. The van der Waals surface area contributed by atoms with Crippen LogP contribution < -0.4 is 4.90 Å². The van der Waals surface area contributed by atoms with E-state index in [2.05, 4.69) is 9.88 Å². The van der Waals surface area contributed by atoms with Crippen molar-refractivity contribution in [1.29, 1.82) is 0 Å². The molecule has 142 valence electrons. The van der Waals surface area contributed by atoms with Gasteiger partial charge in [0.05, 0.1) is 17.8 Å². The Morgan fingerprint density at radius 3 is 2.74 bits per heavy atom. The summed E-state index contributed by atoms with van der Waals surface area (Å²) in [6.07, 6.45) is 4.56. The number of fused-ring (bicyclic) bond motifs is 1. The number of aromatic nitrogens is 1. The molecule has 6 heteroatoms. The zero-order chi connectivity index (χ0) is 18.8. The fraction of sp³-hybridized carbons (Fsp3) is 0.476. The summed E-state index contributed by atoms with van der Waals surface area (Å²) in [5.74, 6) is 0.191. The monoisotopic (exact) mass is 367 g/mol. The van der Waals surface area contributed by atoms with Crippen molar-refractivity contribution in [1.82, 2.24) is 9.88 Å². The molecule has 2 aromatic rings. The molecule has 0 atom stereocenters. The number of nitrogens with zero attached hydrogens (tertiary/aromatic N) is 3. The number of pyridine rings is 1. The van der Waals surface area contributed by atoms with Gasteiger partial charge in [-0.3, -0.25) is 9.78 Å². The summed E-state index contributed by atoms with van der Waals surface area (Å²) in [6.45, 7) is 5.11. The van der Waals surface area contributed by atoms with Gasteiger partial charge in [0.1, 0.15) is 5.56 Å². The predicted molar refractivity (Wildman–Crippen MR) is 104 cm³/mol. The van der Waals surface area contributed by atoms with Crippen molar-refractivity contribution in [3.05, 3.63) is 36.0 Å². The molecule has 1 saturated carbocycles. The van der Waals surface area contributed by atoms with Gasteiger partial charge in [0.2, 0.25) is 5.91 Å². The van der Waals surface area contributed by atoms with E-state index in [0.717, 1.165) is 48.9 Å². The second-order valence-electron chi connectivity index (χ2n) is 7.20. The van der Waals surface area contributed by atoms with Crippen molar-refractivity contribution < 1.29 is 14.3 Å². The molecule has 4 rings (SSSR count). The third kappa shape index (κ3) is 3.61. The van der Waals surface area contributed by atoms with E-state index in [-0.39, 0.29) is 11.9 Å². The first-order valence-electron chi connectivity index (χ1n) is 9.77. The first-order valence-corrected chi connectivity index (χ1v) is 9.77. The van der Waals surface area contributed by atoms with Gasteiger partial charge in [-0.05, 0) is 32.3 Å². The number of hydrogen-bond donors (Lipinski definition) is 0. The van der Waals surface area contributed by atoms with E-state index in [0.29, 0.717) is 31.2 Å². The van der Waals surface area contributed by atoms with Crippen LogP contribution in [-0.4, -0.2) is 54.5 Å². The van der Waals surface area contributed by atoms with E-state index in [1.807, 2.05) is 29.2 Å². The second-order valence-corrected chi connectivity index (χ2v) is 7.20. The third-order valence-electron chi connectivity index (χ3n) is 5.29. The van der Waals surface area contributed by atoms with Crippen LogP contribution in [0, 0.1) is 5.92 Å². The molecule has 1 aliphatic carbocycles. The molecule has 2 aliphatic rings. The molecule has 0 radical (unpaired) electrons. The average molecular weight is 367 g/mol. The lowest BCUT2D eigenvalue weighted by molar-refractivity contribution is -0.132. The second kappa shape index (κ2) is 7.55. The quantitative estimate of drug-likeness (QED) is 0.778. The van der Waals surface area contributed by atoms with Crippen molar-refractivity contribution in [2.75, 3.05) is 37.7 Å². The van der Waals surface area contributed by atoms with Crippen LogP contribution in [0.5, 0.6) is 0 Å². The van der Waals surface area contributed by atoms with E-state index >= 15 is 0 Å². The number of hydrogen-bond acceptors (Lipinski definition) is 5. The van der Waals surface area contributed by atoms with E-state index < -0.39 is 0 Å². The van der Waals surface area contributed by atoms with Crippen LogP contribution in [0.1, 0.15) is 36.5 Å². The molecule has 0 N–H and O–H groups in total. The summed E-state index contributed by atoms with van der Waals surface area (Å²) in [5, 5.41) is 0.949. The van der Waals surface area contributed by atoms with Crippen LogP contribution in [0.15, 0.2) is 30.5 Å². The van der Waals surface area contributed by atoms with Gasteiger partial charge >= 0.3 is 5.97 Å². The molecule has 0 bridgehead atoms. The van der Waals surface area contributed by atoms with Gasteiger partial charge in [-0.2, -0.15) is 0 Å². The maximum absolute atomic E-state index is 12.6. The summed E-state index contributed by atoms with van der Waals surface area (Å²) in [7, 11) is 0. The number of carbonyl (C=O) groups is 2. The van der Waals surface area contributed by atoms with Gasteiger partial charge in [0.25, 0.3) is 0 Å². The average Bonchev–Trinajstić information content (AvgIpc) is 3.53. The Kier molecular flexibility index (Phi) is 4.97. The summed E-state index contributed by atoms with van der Waals surface area (Å²) >= 11 is 0. The van der Waals surface area contributed by atoms with Crippen LogP contribution in [0.25, 0.3) is 10.9 Å². The lowest BCUT2D eigenvalue weighted by Gasteiger charge is -2.26. The molecule has 6 nitrogen and oxygen atoms in total. The Hall–Kier alpha value is -2.63. The number of amides is 1. The number of carbonyl (C=O) groups excluding carboxylic acids is 2. The topological polar surface area (TPSA) is 62.7 Å². The number of anilines is 1. The van der Waals surface area contributed by atoms with Crippen LogP contribution in [0.3, 0.4) is 0 Å². The van der Waals surface area contributed by atoms with Gasteiger partial charge in [0.15, 0.2) is 0 Å². The highest BCUT2D eigenvalue weighted by Crippen LogP contribution is 2.33.